The molecule has 1 nitrogen and oxygen atoms in total. The van der Waals surface area contributed by atoms with Crippen molar-refractivity contribution in [2.45, 2.75) is 37.7 Å². The molecule has 98 valence electrons. The molecule has 0 aromatic heterocycles. The Labute approximate surface area is 85.4 Å². The number of alkyl halides is 8. The maximum Gasteiger partial charge on any atom is 0.456 e. The molecule has 0 N–H and O–H groups in total. The number of hydrogen-bond donors (Lipinski definition) is 0. The molecule has 0 amide bonds. The molecule has 1 atom stereocenters. The second-order valence-corrected chi connectivity index (χ2v) is 2.89. The third-order valence-electron chi connectivity index (χ3n) is 1.49. The summed E-state index contributed by atoms with van der Waals surface area (Å²) in [5.74, 6) is -6.16. The molecule has 0 aliphatic heterocycles. The third kappa shape index (κ3) is 3.19. The highest BCUT2D eigenvalue weighted by molar-refractivity contribution is 4.89. The summed E-state index contributed by atoms with van der Waals surface area (Å²) in [7, 11) is 0. The van der Waals surface area contributed by atoms with Gasteiger partial charge in [0.25, 0.3) is 6.17 Å². The largest absolute Gasteiger partial charge is 0.456 e. The first-order valence-corrected chi connectivity index (χ1v) is 4.07. The maximum absolute atomic E-state index is 12.5. The predicted octanol–water partition coefficient (Wildman–Crippen LogP) is 3.54. The average molecular weight is 260 g/mol. The zero-order chi connectivity index (χ0) is 13.2. The van der Waals surface area contributed by atoms with E-state index in [-0.39, 0.29) is 6.42 Å². The summed E-state index contributed by atoms with van der Waals surface area (Å²) in [5.41, 5.74) is 0. The number of ether oxygens (including phenoxy) is 1. The van der Waals surface area contributed by atoms with Gasteiger partial charge in [-0.05, 0) is 6.42 Å². The molecule has 0 saturated heterocycles. The Kier molecular flexibility index (Phi) is 4.55. The first-order valence-electron chi connectivity index (χ1n) is 4.07. The van der Waals surface area contributed by atoms with E-state index < -0.39 is 31.0 Å². The van der Waals surface area contributed by atoms with Crippen molar-refractivity contribution in [3.8, 4) is 0 Å². The fourth-order valence-corrected chi connectivity index (χ4v) is 0.666. The van der Waals surface area contributed by atoms with Crippen LogP contribution in [0.2, 0.25) is 0 Å². The summed E-state index contributed by atoms with van der Waals surface area (Å²) in [6.45, 7) is 0.465. The van der Waals surface area contributed by atoms with E-state index in [4.69, 9.17) is 0 Å². The smallest absolute Gasteiger partial charge is 0.318 e. The van der Waals surface area contributed by atoms with Crippen LogP contribution in [0.1, 0.15) is 13.3 Å². The lowest BCUT2D eigenvalue weighted by Gasteiger charge is -2.28. The minimum atomic E-state index is -6.40. The molecule has 0 aromatic rings. The van der Waals surface area contributed by atoms with Crippen LogP contribution in [-0.2, 0) is 4.74 Å². The average Bonchev–Trinajstić information content (AvgIpc) is 2.11. The molecule has 0 rings (SSSR count). The topological polar surface area (TPSA) is 9.23 Å². The van der Waals surface area contributed by atoms with E-state index in [1.54, 1.807) is 0 Å². The molecular formula is C7H8F8O. The van der Waals surface area contributed by atoms with E-state index in [2.05, 4.69) is 4.74 Å². The lowest BCUT2D eigenvalue weighted by Crippen LogP contribution is -2.54. The zero-order valence-corrected chi connectivity index (χ0v) is 7.92. The summed E-state index contributed by atoms with van der Waals surface area (Å²) in [4.78, 5) is 0. The van der Waals surface area contributed by atoms with Crippen molar-refractivity contribution < 1.29 is 39.9 Å². The lowest BCUT2D eigenvalue weighted by molar-refractivity contribution is -0.370. The van der Waals surface area contributed by atoms with Crippen molar-refractivity contribution in [2.75, 3.05) is 6.61 Å². The van der Waals surface area contributed by atoms with Crippen molar-refractivity contribution >= 4 is 0 Å². The molecule has 0 aliphatic rings. The van der Waals surface area contributed by atoms with Crippen molar-refractivity contribution in [2.24, 2.45) is 0 Å². The molecule has 9 heteroatoms. The maximum atomic E-state index is 12.5. The molecule has 0 radical (unpaired) electrons. The minimum Gasteiger partial charge on any atom is -0.318 e. The molecule has 0 heterocycles. The highest BCUT2D eigenvalue weighted by atomic mass is 19.4. The number of hydrogen-bond acceptors (Lipinski definition) is 1. The van der Waals surface area contributed by atoms with E-state index >= 15 is 0 Å². The second-order valence-electron chi connectivity index (χ2n) is 2.89. The standard InChI is InChI=1S/C7H8F8O/c1-2-3-16-6(11,12)4(8)5(9,10)7(13,14)15/h4H,2-3H2,1H3. The van der Waals surface area contributed by atoms with Crippen molar-refractivity contribution in [1.82, 2.24) is 0 Å². The van der Waals surface area contributed by atoms with Crippen molar-refractivity contribution in [3.05, 3.63) is 0 Å². The minimum absolute atomic E-state index is 0.0834. The molecule has 0 aliphatic carbocycles. The van der Waals surface area contributed by atoms with Crippen LogP contribution in [0.15, 0.2) is 0 Å². The van der Waals surface area contributed by atoms with E-state index in [0.29, 0.717) is 0 Å². The summed E-state index contributed by atoms with van der Waals surface area (Å²) >= 11 is 0. The van der Waals surface area contributed by atoms with Gasteiger partial charge in [-0.1, -0.05) is 6.92 Å². The Morgan fingerprint density at radius 3 is 1.75 bits per heavy atom. The quantitative estimate of drug-likeness (QED) is 0.687. The third-order valence-corrected chi connectivity index (χ3v) is 1.49. The fraction of sp³-hybridized carbons (Fsp3) is 1.00. The zero-order valence-electron chi connectivity index (χ0n) is 7.92. The van der Waals surface area contributed by atoms with Crippen molar-refractivity contribution in [3.63, 3.8) is 0 Å². The highest BCUT2D eigenvalue weighted by Gasteiger charge is 2.70. The van der Waals surface area contributed by atoms with Gasteiger partial charge in [0.1, 0.15) is 0 Å². The molecule has 0 aromatic carbocycles. The van der Waals surface area contributed by atoms with Crippen LogP contribution < -0.4 is 0 Å². The number of rotatable bonds is 5. The van der Waals surface area contributed by atoms with Crippen LogP contribution >= 0.6 is 0 Å². The van der Waals surface area contributed by atoms with E-state index in [1.165, 1.54) is 6.92 Å². The Hall–Kier alpha value is -0.600. The Balaban J connectivity index is 4.83. The van der Waals surface area contributed by atoms with Crippen molar-refractivity contribution in [1.29, 1.82) is 0 Å². The van der Waals surface area contributed by atoms with Gasteiger partial charge in [-0.2, -0.15) is 30.7 Å². The van der Waals surface area contributed by atoms with Gasteiger partial charge in [0.15, 0.2) is 0 Å². The highest BCUT2D eigenvalue weighted by Crippen LogP contribution is 2.44. The number of halogens is 8. The molecule has 16 heavy (non-hydrogen) atoms. The van der Waals surface area contributed by atoms with Gasteiger partial charge < -0.3 is 4.74 Å². The van der Waals surface area contributed by atoms with Gasteiger partial charge >= 0.3 is 18.2 Å². The Morgan fingerprint density at radius 2 is 1.44 bits per heavy atom. The van der Waals surface area contributed by atoms with Crippen LogP contribution in [0.25, 0.3) is 0 Å². The first kappa shape index (κ1) is 15.4. The molecule has 1 unspecified atom stereocenters. The van der Waals surface area contributed by atoms with Crippen LogP contribution in [0.4, 0.5) is 35.1 Å². The van der Waals surface area contributed by atoms with Gasteiger partial charge in [-0.15, -0.1) is 0 Å². The van der Waals surface area contributed by atoms with Gasteiger partial charge in [0, 0.05) is 0 Å². The van der Waals surface area contributed by atoms with Gasteiger partial charge in [0.05, 0.1) is 6.61 Å². The fourth-order valence-electron chi connectivity index (χ4n) is 0.666. The summed E-state index contributed by atoms with van der Waals surface area (Å²) < 4.78 is 99.7. The lowest BCUT2D eigenvalue weighted by atomic mass is 10.2. The Morgan fingerprint density at radius 1 is 1.00 bits per heavy atom. The molecule has 0 bridgehead atoms. The van der Waals surface area contributed by atoms with Crippen LogP contribution in [-0.4, -0.2) is 31.0 Å². The van der Waals surface area contributed by atoms with E-state index in [9.17, 15) is 35.1 Å². The predicted molar refractivity (Wildman–Crippen MR) is 37.1 cm³/mol. The molecule has 0 spiro atoms. The summed E-state index contributed by atoms with van der Waals surface area (Å²) in [6, 6.07) is 0. The SMILES string of the molecule is CCCOC(F)(F)C(F)C(F)(F)C(F)(F)F. The van der Waals surface area contributed by atoms with E-state index in [1.807, 2.05) is 0 Å². The van der Waals surface area contributed by atoms with Crippen LogP contribution in [0.3, 0.4) is 0 Å². The van der Waals surface area contributed by atoms with Crippen LogP contribution in [0.5, 0.6) is 0 Å². The van der Waals surface area contributed by atoms with Gasteiger partial charge in [0.2, 0.25) is 0 Å². The molecule has 0 saturated carbocycles. The molecule has 0 fully saturated rings. The summed E-state index contributed by atoms with van der Waals surface area (Å²) in [5, 5.41) is 0. The second kappa shape index (κ2) is 4.72. The van der Waals surface area contributed by atoms with Crippen LogP contribution in [0, 0.1) is 0 Å². The monoisotopic (exact) mass is 260 g/mol. The Bertz CT molecular complexity index is 223. The summed E-state index contributed by atoms with van der Waals surface area (Å²) in [6.07, 6.45) is -16.4. The van der Waals surface area contributed by atoms with Gasteiger partial charge in [-0.3, -0.25) is 0 Å². The normalized spacial score (nSPS) is 16.3. The van der Waals surface area contributed by atoms with E-state index in [0.717, 1.165) is 0 Å². The van der Waals surface area contributed by atoms with Gasteiger partial charge in [-0.25, -0.2) is 4.39 Å². The molecular weight excluding hydrogens is 252 g/mol. The first-order chi connectivity index (χ1) is 6.97.